The van der Waals surface area contributed by atoms with Gasteiger partial charge in [0.05, 0.1) is 17.0 Å². The summed E-state index contributed by atoms with van der Waals surface area (Å²) in [5.74, 6) is -2.53. The molecule has 0 bridgehead atoms. The first-order valence-electron chi connectivity index (χ1n) is 13.0. The lowest BCUT2D eigenvalue weighted by molar-refractivity contribution is -0.605. The number of hydrogen-bond acceptors (Lipinski definition) is 8. The van der Waals surface area contributed by atoms with E-state index in [1.54, 1.807) is 36.4 Å². The summed E-state index contributed by atoms with van der Waals surface area (Å²) in [6.45, 7) is -0.551. The van der Waals surface area contributed by atoms with Gasteiger partial charge in [-0.2, -0.15) is 9.04 Å². The number of carbonyl (C=O) groups is 3. The molecule has 1 aliphatic heterocycles. The smallest absolute Gasteiger partial charge is 0.292 e. The van der Waals surface area contributed by atoms with Gasteiger partial charge in [-0.05, 0) is 40.6 Å². The molecule has 13 nitrogen and oxygen atoms in total. The molecule has 2 aromatic heterocycles. The van der Waals surface area contributed by atoms with Crippen molar-refractivity contribution in [1.82, 2.24) is 19.2 Å². The Morgan fingerprint density at radius 3 is 2.02 bits per heavy atom. The number of amides is 3. The molecule has 0 radical (unpaired) electrons. The molecule has 15 heteroatoms. The van der Waals surface area contributed by atoms with Crippen LogP contribution in [0, 0.1) is 5.21 Å². The average molecular weight is 624 g/mol. The summed E-state index contributed by atoms with van der Waals surface area (Å²) in [6.07, 6.45) is 4.62. The lowest BCUT2D eigenvalue weighted by Gasteiger charge is -2.45. The number of sulfonamides is 1. The number of primary amides is 2. The van der Waals surface area contributed by atoms with Gasteiger partial charge in [-0.15, -0.1) is 0 Å². The zero-order chi connectivity index (χ0) is 30.9. The van der Waals surface area contributed by atoms with Gasteiger partial charge in [0.2, 0.25) is 27.7 Å². The summed E-state index contributed by atoms with van der Waals surface area (Å²) in [6, 6.07) is 10.7. The van der Waals surface area contributed by atoms with Crippen LogP contribution in [0.5, 0.6) is 0 Å². The van der Waals surface area contributed by atoms with Gasteiger partial charge in [-0.3, -0.25) is 14.4 Å². The van der Waals surface area contributed by atoms with Crippen LogP contribution in [-0.2, 0) is 19.6 Å². The first kappa shape index (κ1) is 29.8. The molecule has 1 fully saturated rings. The van der Waals surface area contributed by atoms with E-state index in [0.717, 1.165) is 9.69 Å². The minimum absolute atomic E-state index is 0.0138. The molecular formula is C28H26ClN7O6S. The number of nitrogens with two attached hydrogens (primary N) is 2. The molecule has 5 rings (SSSR count). The van der Waals surface area contributed by atoms with Crippen molar-refractivity contribution in [3.63, 3.8) is 0 Å². The van der Waals surface area contributed by atoms with Crippen molar-refractivity contribution in [3.8, 4) is 11.1 Å². The van der Waals surface area contributed by atoms with Crippen molar-refractivity contribution in [1.29, 1.82) is 0 Å². The van der Waals surface area contributed by atoms with Gasteiger partial charge in [0.25, 0.3) is 5.91 Å². The van der Waals surface area contributed by atoms with E-state index in [1.807, 2.05) is 0 Å². The fourth-order valence-electron chi connectivity index (χ4n) is 5.15. The number of hydrogen-bond donors (Lipinski definition) is 2. The minimum atomic E-state index is -4.15. The second-order valence-corrected chi connectivity index (χ2v) is 12.5. The summed E-state index contributed by atoms with van der Waals surface area (Å²) in [5.41, 5.74) is 12.2. The summed E-state index contributed by atoms with van der Waals surface area (Å²) < 4.78 is 29.4. The van der Waals surface area contributed by atoms with E-state index in [2.05, 4.69) is 9.97 Å². The Balaban J connectivity index is 1.47. The Hall–Kier alpha value is -4.66. The number of carbonyl (C=O) groups excluding carboxylic acids is 3. The molecule has 0 saturated carbocycles. The predicted octanol–water partition coefficient (Wildman–Crippen LogP) is 1.22. The largest absolute Gasteiger partial charge is 0.619 e. The molecular weight excluding hydrogens is 598 g/mol. The number of rotatable bonds is 8. The van der Waals surface area contributed by atoms with Crippen LogP contribution < -0.4 is 16.2 Å². The van der Waals surface area contributed by atoms with Crippen molar-refractivity contribution < 1.29 is 27.5 Å². The Morgan fingerprint density at radius 2 is 1.44 bits per heavy atom. The zero-order valence-electron chi connectivity index (χ0n) is 22.5. The highest BCUT2D eigenvalue weighted by Gasteiger charge is 2.44. The second kappa shape index (κ2) is 11.9. The number of fused-ring (bicyclic) bond motifs is 1. The van der Waals surface area contributed by atoms with Gasteiger partial charge < -0.3 is 21.6 Å². The molecule has 1 saturated heterocycles. The molecule has 4 N–H and O–H groups in total. The van der Waals surface area contributed by atoms with Crippen LogP contribution in [0.25, 0.3) is 21.9 Å². The quantitative estimate of drug-likeness (QED) is 0.216. The maximum atomic E-state index is 13.8. The van der Waals surface area contributed by atoms with E-state index < -0.39 is 39.8 Å². The number of piperazine rings is 1. The molecule has 1 aliphatic rings. The van der Waals surface area contributed by atoms with E-state index in [0.29, 0.717) is 26.3 Å². The van der Waals surface area contributed by atoms with Gasteiger partial charge >= 0.3 is 0 Å². The lowest BCUT2D eigenvalue weighted by atomic mass is 10.0. The van der Waals surface area contributed by atoms with E-state index in [1.165, 1.54) is 41.8 Å². The number of pyridine rings is 1. The minimum Gasteiger partial charge on any atom is -0.619 e. The molecule has 2 unspecified atom stereocenters. The van der Waals surface area contributed by atoms with Gasteiger partial charge in [0.15, 0.2) is 12.4 Å². The van der Waals surface area contributed by atoms with Crippen LogP contribution in [0.4, 0.5) is 0 Å². The maximum Gasteiger partial charge on any atom is 0.292 e. The van der Waals surface area contributed by atoms with Crippen molar-refractivity contribution in [2.75, 3.05) is 13.1 Å². The first-order valence-corrected chi connectivity index (χ1v) is 14.8. The van der Waals surface area contributed by atoms with Gasteiger partial charge in [0, 0.05) is 61.0 Å². The molecule has 2 atom stereocenters. The van der Waals surface area contributed by atoms with Crippen molar-refractivity contribution in [2.24, 2.45) is 11.5 Å². The van der Waals surface area contributed by atoms with Crippen LogP contribution in [-0.4, -0.2) is 70.5 Å². The highest BCUT2D eigenvalue weighted by molar-refractivity contribution is 7.89. The van der Waals surface area contributed by atoms with Crippen molar-refractivity contribution in [3.05, 3.63) is 89.4 Å². The van der Waals surface area contributed by atoms with Gasteiger partial charge in [-0.1, -0.05) is 23.7 Å². The van der Waals surface area contributed by atoms with Crippen LogP contribution >= 0.6 is 11.6 Å². The Labute approximate surface area is 251 Å². The third kappa shape index (κ3) is 6.40. The summed E-state index contributed by atoms with van der Waals surface area (Å²) in [5, 5.41) is 13.2. The van der Waals surface area contributed by atoms with Crippen LogP contribution in [0.15, 0.2) is 78.2 Å². The molecule has 4 aromatic rings. The second-order valence-electron chi connectivity index (χ2n) is 10.1. The first-order chi connectivity index (χ1) is 20.4. The molecule has 2 aromatic carbocycles. The van der Waals surface area contributed by atoms with E-state index in [9.17, 15) is 28.0 Å². The highest BCUT2D eigenvalue weighted by atomic mass is 35.5. The summed E-state index contributed by atoms with van der Waals surface area (Å²) in [4.78, 5) is 47.5. The van der Waals surface area contributed by atoms with Gasteiger partial charge in [-0.25, -0.2) is 18.4 Å². The van der Waals surface area contributed by atoms with Crippen molar-refractivity contribution >= 4 is 50.1 Å². The third-order valence-corrected chi connectivity index (χ3v) is 9.18. The monoisotopic (exact) mass is 623 g/mol. The average Bonchev–Trinajstić information content (AvgIpc) is 2.96. The predicted molar refractivity (Wildman–Crippen MR) is 156 cm³/mol. The number of aromatic nitrogens is 3. The topological polar surface area (TPSA) is 197 Å². The van der Waals surface area contributed by atoms with E-state index in [4.69, 9.17) is 23.1 Å². The SMILES string of the molecule is NC(=O)CC1CN(S(=O)(=O)c2ccc3cc(Cl)ccc3c2)CC(CC(N)=O)N1C(=O)c1ncc(-c2cc[n+]([O-])cc2)cn1. The zero-order valence-corrected chi connectivity index (χ0v) is 24.1. The van der Waals surface area contributed by atoms with Gasteiger partial charge in [0.1, 0.15) is 0 Å². The Kier molecular flexibility index (Phi) is 8.26. The Bertz CT molecular complexity index is 1790. The highest BCUT2D eigenvalue weighted by Crippen LogP contribution is 2.30. The van der Waals surface area contributed by atoms with Crippen molar-refractivity contribution in [2.45, 2.75) is 29.8 Å². The van der Waals surface area contributed by atoms with E-state index >= 15 is 0 Å². The molecule has 0 aliphatic carbocycles. The number of benzene rings is 2. The number of nitrogens with zero attached hydrogens (tertiary/aromatic N) is 5. The fourth-order valence-corrected chi connectivity index (χ4v) is 6.88. The normalized spacial score (nSPS) is 17.6. The number of halogens is 1. The summed E-state index contributed by atoms with van der Waals surface area (Å²) in [7, 11) is -4.15. The molecule has 43 heavy (non-hydrogen) atoms. The third-order valence-electron chi connectivity index (χ3n) is 7.11. The summed E-state index contributed by atoms with van der Waals surface area (Å²) >= 11 is 6.06. The Morgan fingerprint density at radius 1 is 0.884 bits per heavy atom. The molecule has 3 amide bonds. The molecule has 3 heterocycles. The molecule has 0 spiro atoms. The standard InChI is InChI=1S/C28H26ClN7O6S/c29-21-3-1-19-10-24(4-2-18(19)9-21)43(41,42)35-15-22(11-25(30)37)36(23(16-35)12-26(31)38)28(39)27-32-13-20(14-33-27)17-5-7-34(40)8-6-17/h1-10,13-14,22-23H,11-12,15-16H2,(H2,30,37)(H2,31,38). The van der Waals surface area contributed by atoms with E-state index in [-0.39, 0.29) is 36.7 Å². The van der Waals surface area contributed by atoms with Crippen LogP contribution in [0.3, 0.4) is 0 Å². The van der Waals surface area contributed by atoms with Crippen LogP contribution in [0.1, 0.15) is 23.5 Å². The van der Waals surface area contributed by atoms with Crippen LogP contribution in [0.2, 0.25) is 5.02 Å². The molecule has 222 valence electrons. The maximum absolute atomic E-state index is 13.8. The lowest BCUT2D eigenvalue weighted by Crippen LogP contribution is -2.63. The fraction of sp³-hybridized carbons (Fsp3) is 0.214.